The molecule has 0 amide bonds. The van der Waals surface area contributed by atoms with E-state index in [4.69, 9.17) is 28.4 Å². The maximum atomic E-state index is 6.72. The van der Waals surface area contributed by atoms with E-state index in [0.29, 0.717) is 0 Å². The monoisotopic (exact) mass is 1840 g/mol. The Hall–Kier alpha value is -14.3. The summed E-state index contributed by atoms with van der Waals surface area (Å²) in [6.45, 7) is 8.07. The summed E-state index contributed by atoms with van der Waals surface area (Å²) in [6.07, 6.45) is 11.5. The van der Waals surface area contributed by atoms with Gasteiger partial charge in [-0.3, -0.25) is 0 Å². The third kappa shape index (κ3) is 18.9. The van der Waals surface area contributed by atoms with Gasteiger partial charge in [0.2, 0.25) is 0 Å². The van der Waals surface area contributed by atoms with Crippen LogP contribution in [0.15, 0.2) is 437 Å². The molecule has 6 heteroatoms. The predicted octanol–water partition coefficient (Wildman–Crippen LogP) is 35.0. The molecule has 0 unspecified atom stereocenters. The van der Waals surface area contributed by atoms with E-state index in [9.17, 15) is 0 Å². The van der Waals surface area contributed by atoms with E-state index in [-0.39, 0.29) is 36.6 Å². The van der Waals surface area contributed by atoms with Crippen LogP contribution in [0.25, 0.3) is 167 Å². The molecule has 54 aliphatic rings. The van der Waals surface area contributed by atoms with Crippen LogP contribution in [0.3, 0.4) is 0 Å². The zero-order valence-electron chi connectivity index (χ0n) is 81.6. The lowest BCUT2D eigenvalue weighted by Gasteiger charge is -2.46. The Kier molecular flexibility index (Phi) is 25.7. The Bertz CT molecular complexity index is 6370. The van der Waals surface area contributed by atoms with Crippen molar-refractivity contribution in [1.82, 2.24) is 0 Å². The molecule has 18 aromatic carbocycles. The number of hydrogen-bond donors (Lipinski definition) is 0. The van der Waals surface area contributed by atoms with Gasteiger partial charge in [-0.1, -0.05) is 458 Å². The van der Waals surface area contributed by atoms with Gasteiger partial charge in [-0.2, -0.15) is 0 Å². The molecule has 72 rings (SSSR count). The molecule has 18 aromatic rings. The van der Waals surface area contributed by atoms with Crippen LogP contribution in [0.4, 0.5) is 0 Å². The fraction of sp³-hybridized carbons (Fsp3) is 0.200. The second-order valence-electron chi connectivity index (χ2n) is 40.7. The van der Waals surface area contributed by atoms with Gasteiger partial charge in [0.15, 0.2) is 0 Å². The third-order valence-electron chi connectivity index (χ3n) is 32.4. The first-order valence-electron chi connectivity index (χ1n) is 50.3. The maximum absolute atomic E-state index is 6.72. The van der Waals surface area contributed by atoms with Gasteiger partial charge in [0.25, 0.3) is 0 Å². The molecule has 42 bridgehead atoms. The van der Waals surface area contributed by atoms with Gasteiger partial charge in [-0.25, -0.2) is 0 Å². The van der Waals surface area contributed by atoms with Crippen LogP contribution >= 0.6 is 0 Å². The van der Waals surface area contributed by atoms with Crippen molar-refractivity contribution in [1.29, 1.82) is 0 Å². The van der Waals surface area contributed by atoms with Crippen molar-refractivity contribution in [2.75, 3.05) is 41.7 Å². The van der Waals surface area contributed by atoms with Crippen LogP contribution in [-0.2, 0) is 61.5 Å². The van der Waals surface area contributed by atoms with Crippen molar-refractivity contribution >= 4 is 0 Å². The molecule has 0 aromatic heterocycles. The van der Waals surface area contributed by atoms with E-state index in [1.165, 1.54) is 189 Å². The van der Waals surface area contributed by atoms with Crippen LogP contribution in [-0.4, -0.2) is 41.7 Å². The number of ether oxygens (including phenoxy) is 6. The van der Waals surface area contributed by atoms with Gasteiger partial charge in [0, 0.05) is 21.3 Å². The predicted molar refractivity (Wildman–Crippen MR) is 582 cm³/mol. The molecule has 3 fully saturated rings. The summed E-state index contributed by atoms with van der Waals surface area (Å²) in [4.78, 5) is 0. The molecule has 141 heavy (non-hydrogen) atoms. The van der Waals surface area contributed by atoms with Gasteiger partial charge in [0.1, 0.15) is 20.4 Å². The highest BCUT2D eigenvalue weighted by Crippen LogP contribution is 2.55. The molecule has 0 aliphatic heterocycles. The first kappa shape index (κ1) is 91.8. The standard InChI is InChI=1S/C75H80O6.C60H40/c1-70-39-41-71(2,42-40-70)65-29-19-60(20-30-65)63-25-37-69(38-26-63)75(81-53-78-6)49-47-74(48-50-75,80-52-77-5)68-35-23-62(24-36-68)57-13-11-56(12-14-57)61-21-33-67(34-22-61)73(79-51-76-4)45-43-72(3,44-46-73)66-31-17-59(18-32-66)55-9-7-54(8-10-55)58-15-27-64(70)28-16-58;1-2-42-4-3-41(1)43-5-7-45(8-6-43)47-13-15-49(16-14-47)51-21-23-53(24-22-51)55-29-31-57(32-30-55)59-37-39-60(40-38-59)58-35-33-56(34-36-58)54-27-25-52(26-28-54)50-19-17-48(18-20-50)46-11-9-44(42)10-12-46/h7-38H,39-53H2,1-6H3;1-40H. The summed E-state index contributed by atoms with van der Waals surface area (Å²) in [6, 6.07) is 162. The highest BCUT2D eigenvalue weighted by Gasteiger charge is 2.48. The molecule has 0 N–H and O–H groups in total. The SMILES string of the molecule is COCOC12CCC(C)(CC1)c1ccc(cc1)-c1ccc(cc1)-c1ccc(cc1)C1(C)CCC(C)(CC1)c1ccc(cc1)-c1ccc(cc1)C1(OCOC)CCC(OCOC)(CC1)c1ccc(cc1)-c1ccc(cc1)-c1ccc2cc1.c1cc2ccc1-c1ccc(cc1)-c1ccc(cc1)-c1ccc(cc1)-c1ccc(cc1)-c1ccc(cc1)-c1ccc(cc1)-c1ccc(cc1)-c1ccc(cc1)-c1ccc-2cc1. The molecule has 6 nitrogen and oxygen atoms in total. The minimum atomic E-state index is -0.526. The smallest absolute Gasteiger partial charge is 0.147 e. The molecule has 0 atom stereocenters. The zero-order chi connectivity index (χ0) is 95.5. The van der Waals surface area contributed by atoms with Crippen molar-refractivity contribution in [3.05, 3.63) is 470 Å². The Morgan fingerprint density at radius 3 is 0.319 bits per heavy atom. The van der Waals surface area contributed by atoms with E-state index in [0.717, 1.165) is 88.2 Å². The second-order valence-corrected chi connectivity index (χ2v) is 40.7. The summed E-state index contributed by atoms with van der Waals surface area (Å²) in [5, 5.41) is 0. The molecule has 0 saturated heterocycles. The topological polar surface area (TPSA) is 55.4 Å². The van der Waals surface area contributed by atoms with Crippen LogP contribution in [0.1, 0.15) is 131 Å². The van der Waals surface area contributed by atoms with E-state index in [1.807, 2.05) is 0 Å². The van der Waals surface area contributed by atoms with Crippen molar-refractivity contribution in [3.63, 3.8) is 0 Å². The molecule has 0 radical (unpaired) electrons. The van der Waals surface area contributed by atoms with Crippen molar-refractivity contribution in [2.24, 2.45) is 0 Å². The summed E-state index contributed by atoms with van der Waals surface area (Å²) in [5.41, 5.74) is 43.0. The van der Waals surface area contributed by atoms with Crippen molar-refractivity contribution in [3.8, 4) is 167 Å². The molecule has 0 heterocycles. The van der Waals surface area contributed by atoms with E-state index in [1.54, 1.807) is 21.3 Å². The quantitative estimate of drug-likeness (QED) is 0.134. The van der Waals surface area contributed by atoms with Crippen LogP contribution in [0, 0.1) is 0 Å². The van der Waals surface area contributed by atoms with Gasteiger partial charge >= 0.3 is 0 Å². The van der Waals surface area contributed by atoms with Crippen molar-refractivity contribution in [2.45, 2.75) is 131 Å². The molecular weight excluding hydrogens is 1720 g/mol. The Morgan fingerprint density at radius 2 is 0.213 bits per heavy atom. The lowest BCUT2D eigenvalue weighted by atomic mass is 9.60. The molecule has 0 spiro atoms. The highest BCUT2D eigenvalue weighted by molar-refractivity contribution is 5.82. The third-order valence-corrected chi connectivity index (χ3v) is 32.4. The van der Waals surface area contributed by atoms with Gasteiger partial charge in [0.05, 0.1) is 16.8 Å². The Labute approximate surface area is 832 Å². The Morgan fingerprint density at radius 1 is 0.128 bits per heavy atom. The van der Waals surface area contributed by atoms with Crippen molar-refractivity contribution < 1.29 is 28.4 Å². The van der Waals surface area contributed by atoms with Crippen LogP contribution < -0.4 is 0 Å². The van der Waals surface area contributed by atoms with Gasteiger partial charge < -0.3 is 28.4 Å². The first-order valence-corrected chi connectivity index (χ1v) is 50.3. The number of hydrogen-bond acceptors (Lipinski definition) is 6. The lowest BCUT2D eigenvalue weighted by Crippen LogP contribution is -2.43. The number of benzene rings is 18. The normalized spacial score (nSPS) is 19.8. The van der Waals surface area contributed by atoms with Gasteiger partial charge in [-0.05, 0) is 294 Å². The second kappa shape index (κ2) is 39.4. The maximum Gasteiger partial charge on any atom is 0.147 e. The lowest BCUT2D eigenvalue weighted by molar-refractivity contribution is -0.203. The molecule has 54 aliphatic carbocycles. The molecule has 696 valence electrons. The van der Waals surface area contributed by atoms with Crippen LogP contribution in [0.2, 0.25) is 0 Å². The summed E-state index contributed by atoms with van der Waals surface area (Å²) in [7, 11) is 5.12. The highest BCUT2D eigenvalue weighted by atomic mass is 16.7. The molecular formula is C135H120O6. The minimum Gasteiger partial charge on any atom is -0.359 e. The first-order chi connectivity index (χ1) is 69.1. The summed E-state index contributed by atoms with van der Waals surface area (Å²) >= 11 is 0. The van der Waals surface area contributed by atoms with E-state index in [2.05, 4.69) is 458 Å². The average Bonchev–Trinajstić information content (AvgIpc) is 0.759. The fourth-order valence-corrected chi connectivity index (χ4v) is 22.9. The van der Waals surface area contributed by atoms with Gasteiger partial charge in [-0.15, -0.1) is 0 Å². The Balaban J connectivity index is 0.000000169. The van der Waals surface area contributed by atoms with E-state index < -0.39 is 16.8 Å². The molecule has 3 saturated carbocycles. The van der Waals surface area contributed by atoms with E-state index >= 15 is 0 Å². The fourth-order valence-electron chi connectivity index (χ4n) is 22.9. The number of methoxy groups -OCH3 is 3. The minimum absolute atomic E-state index is 0.0398. The number of rotatable bonds is 9. The summed E-state index contributed by atoms with van der Waals surface area (Å²) in [5.74, 6) is 0. The van der Waals surface area contributed by atoms with Crippen LogP contribution in [0.5, 0.6) is 0 Å². The summed E-state index contributed by atoms with van der Waals surface area (Å²) < 4.78 is 36.8. The zero-order valence-corrected chi connectivity index (χ0v) is 81.6. The largest absolute Gasteiger partial charge is 0.359 e. The average molecular weight is 1840 g/mol.